The second kappa shape index (κ2) is 2.45. The fraction of sp³-hybridized carbons (Fsp3) is 0. The number of hydrogen-bond acceptors (Lipinski definition) is 7. The zero-order valence-corrected chi connectivity index (χ0v) is 6.32. The molecule has 0 saturated heterocycles. The van der Waals surface area contributed by atoms with Gasteiger partial charge in [0.05, 0.1) is 5.10 Å². The van der Waals surface area contributed by atoms with E-state index in [2.05, 4.69) is 20.3 Å². The van der Waals surface area contributed by atoms with Crippen molar-refractivity contribution >= 4 is 17.7 Å². The molecule has 2 aromatic rings. The number of nitrogens with zero attached hydrogens (tertiary/aromatic N) is 6. The van der Waals surface area contributed by atoms with Crippen LogP contribution in [0.25, 0.3) is 5.78 Å². The van der Waals surface area contributed by atoms with Crippen LogP contribution in [-0.4, -0.2) is 34.6 Å². The Balaban J connectivity index is 2.67. The molecule has 2 heterocycles. The van der Waals surface area contributed by atoms with Crippen LogP contribution in [0.15, 0.2) is 0 Å². The van der Waals surface area contributed by atoms with Gasteiger partial charge < -0.3 is 20.2 Å². The number of nitrogens with one attached hydrogen (secondary N) is 1. The monoisotopic (exact) mass is 199 g/mol. The average molecular weight is 199 g/mol. The first-order valence-electron chi connectivity index (χ1n) is 3.19. The fourth-order valence-electron chi connectivity index (χ4n) is 0.860. The molecule has 11 heteroatoms. The van der Waals surface area contributed by atoms with E-state index >= 15 is 0 Å². The number of aromatic amines is 1. The van der Waals surface area contributed by atoms with Crippen molar-refractivity contribution in [3.05, 3.63) is 20.2 Å². The Bertz CT molecular complexity index is 524. The summed E-state index contributed by atoms with van der Waals surface area (Å²) in [7, 11) is 0. The third-order valence-corrected chi connectivity index (χ3v) is 1.38. The van der Waals surface area contributed by atoms with Gasteiger partial charge in [0.2, 0.25) is 0 Å². The van der Waals surface area contributed by atoms with Crippen LogP contribution in [0, 0.1) is 20.2 Å². The molecule has 0 aliphatic carbocycles. The van der Waals surface area contributed by atoms with E-state index in [9.17, 15) is 20.2 Å². The number of nitro groups is 2. The van der Waals surface area contributed by atoms with E-state index in [1.54, 1.807) is 0 Å². The highest BCUT2D eigenvalue weighted by atomic mass is 16.6. The van der Waals surface area contributed by atoms with Gasteiger partial charge in [0.15, 0.2) is 0 Å². The van der Waals surface area contributed by atoms with Crippen LogP contribution < -0.4 is 0 Å². The van der Waals surface area contributed by atoms with Gasteiger partial charge in [0, 0.05) is 5.10 Å². The molecule has 2 aromatic heterocycles. The minimum Gasteiger partial charge on any atom is -0.390 e. The van der Waals surface area contributed by atoms with E-state index in [0.717, 1.165) is 4.52 Å². The van der Waals surface area contributed by atoms with Gasteiger partial charge >= 0.3 is 17.7 Å². The molecule has 0 amide bonds. The van der Waals surface area contributed by atoms with Gasteiger partial charge in [0.25, 0.3) is 0 Å². The molecule has 0 saturated carbocycles. The largest absolute Gasteiger partial charge is 0.495 e. The molecule has 0 aromatic carbocycles. The Hall–Kier alpha value is -2.59. The lowest BCUT2D eigenvalue weighted by atomic mass is 11.0. The quantitative estimate of drug-likeness (QED) is 0.495. The summed E-state index contributed by atoms with van der Waals surface area (Å²) < 4.78 is 0.720. The predicted octanol–water partition coefficient (Wildman–Crippen LogP) is -0.731. The second-order valence-corrected chi connectivity index (χ2v) is 2.20. The molecule has 0 unspecified atom stereocenters. The van der Waals surface area contributed by atoms with Crippen molar-refractivity contribution in [1.82, 2.24) is 24.8 Å². The van der Waals surface area contributed by atoms with Gasteiger partial charge in [-0.05, 0) is 19.3 Å². The lowest BCUT2D eigenvalue weighted by Crippen LogP contribution is -1.97. The van der Waals surface area contributed by atoms with Crippen molar-refractivity contribution in [3.63, 3.8) is 0 Å². The standard InChI is InChI=1S/C3HN7O4/c11-9(12)2-4-1-5-6-3(10(13)14)8(1)7-2/h(H,4,5,7). The van der Waals surface area contributed by atoms with Gasteiger partial charge in [-0.1, -0.05) is 0 Å². The highest BCUT2D eigenvalue weighted by molar-refractivity contribution is 5.33. The van der Waals surface area contributed by atoms with Gasteiger partial charge in [-0.2, -0.15) is 0 Å². The minimum absolute atomic E-state index is 0.219. The van der Waals surface area contributed by atoms with Crippen LogP contribution in [-0.2, 0) is 0 Å². The summed E-state index contributed by atoms with van der Waals surface area (Å²) in [5.74, 6) is -1.50. The highest BCUT2D eigenvalue weighted by Crippen LogP contribution is 2.11. The fourth-order valence-corrected chi connectivity index (χ4v) is 0.860. The van der Waals surface area contributed by atoms with Crippen LogP contribution >= 0.6 is 0 Å². The maximum Gasteiger partial charge on any atom is 0.495 e. The summed E-state index contributed by atoms with van der Waals surface area (Å²) in [6.07, 6.45) is 0. The maximum absolute atomic E-state index is 10.3. The van der Waals surface area contributed by atoms with Crippen molar-refractivity contribution in [3.8, 4) is 0 Å². The zero-order valence-electron chi connectivity index (χ0n) is 6.32. The summed E-state index contributed by atoms with van der Waals surface area (Å²) in [5, 5.41) is 29.0. The third kappa shape index (κ3) is 0.954. The molecule has 0 aliphatic rings. The van der Waals surface area contributed by atoms with Gasteiger partial charge in [-0.25, -0.2) is 0 Å². The van der Waals surface area contributed by atoms with E-state index in [4.69, 9.17) is 0 Å². The van der Waals surface area contributed by atoms with E-state index in [1.165, 1.54) is 0 Å². The average Bonchev–Trinajstić information content (AvgIpc) is 2.58. The Morgan fingerprint density at radius 3 is 2.50 bits per heavy atom. The van der Waals surface area contributed by atoms with E-state index in [0.29, 0.717) is 0 Å². The molecule has 0 atom stereocenters. The molecule has 1 N–H and O–H groups in total. The molecule has 14 heavy (non-hydrogen) atoms. The first kappa shape index (κ1) is 8.03. The molecule has 0 spiro atoms. The Kier molecular flexibility index (Phi) is 1.40. The van der Waals surface area contributed by atoms with Crippen molar-refractivity contribution in [2.75, 3.05) is 0 Å². The number of rotatable bonds is 2. The van der Waals surface area contributed by atoms with E-state index in [1.807, 2.05) is 0 Å². The summed E-state index contributed by atoms with van der Waals surface area (Å²) in [5.41, 5.74) is 0. The van der Waals surface area contributed by atoms with Crippen molar-refractivity contribution in [1.29, 1.82) is 0 Å². The summed E-state index contributed by atoms with van der Waals surface area (Å²) in [6.45, 7) is 0. The maximum atomic E-state index is 10.3. The van der Waals surface area contributed by atoms with Crippen LogP contribution in [0.4, 0.5) is 11.9 Å². The summed E-state index contributed by atoms with van der Waals surface area (Å²) in [6, 6.07) is 0. The van der Waals surface area contributed by atoms with Crippen LogP contribution in [0.2, 0.25) is 0 Å². The number of hydrogen-bond donors (Lipinski definition) is 1. The number of fused-ring (bicyclic) bond motifs is 1. The SMILES string of the molecule is O=[N+]([O-])c1nc2nnc([N+](=O)[O-])n2[nH]1. The first-order chi connectivity index (χ1) is 6.59. The minimum atomic E-state index is -0.831. The Labute approximate surface area is 73.7 Å². The molecule has 0 fully saturated rings. The molecular formula is C3HN7O4. The van der Waals surface area contributed by atoms with Gasteiger partial charge in [-0.15, -0.1) is 5.10 Å². The predicted molar refractivity (Wildman–Crippen MR) is 38.4 cm³/mol. The Morgan fingerprint density at radius 1 is 1.21 bits per heavy atom. The van der Waals surface area contributed by atoms with Crippen molar-refractivity contribution in [2.24, 2.45) is 0 Å². The van der Waals surface area contributed by atoms with E-state index < -0.39 is 21.7 Å². The summed E-state index contributed by atoms with van der Waals surface area (Å²) in [4.78, 5) is 22.2. The molecule has 72 valence electrons. The van der Waals surface area contributed by atoms with Crippen molar-refractivity contribution in [2.45, 2.75) is 0 Å². The highest BCUT2D eigenvalue weighted by Gasteiger charge is 2.27. The molecule has 2 rings (SSSR count). The molecule has 0 aliphatic heterocycles. The first-order valence-corrected chi connectivity index (χ1v) is 3.19. The van der Waals surface area contributed by atoms with Crippen LogP contribution in [0.3, 0.4) is 0 Å². The van der Waals surface area contributed by atoms with E-state index in [-0.39, 0.29) is 5.78 Å². The lowest BCUT2D eigenvalue weighted by molar-refractivity contribution is -0.399. The Morgan fingerprint density at radius 2 is 1.93 bits per heavy atom. The molecule has 0 bridgehead atoms. The topological polar surface area (TPSA) is 145 Å². The van der Waals surface area contributed by atoms with Crippen LogP contribution in [0.5, 0.6) is 0 Å². The molecular weight excluding hydrogens is 198 g/mol. The molecule has 0 radical (unpaired) electrons. The van der Waals surface area contributed by atoms with Gasteiger partial charge in [-0.3, -0.25) is 0 Å². The lowest BCUT2D eigenvalue weighted by Gasteiger charge is -1.86. The molecule has 11 nitrogen and oxygen atoms in total. The number of aromatic nitrogens is 5. The second-order valence-electron chi connectivity index (χ2n) is 2.20. The van der Waals surface area contributed by atoms with Gasteiger partial charge in [0.1, 0.15) is 0 Å². The normalized spacial score (nSPS) is 10.6. The zero-order chi connectivity index (χ0) is 10.3. The smallest absolute Gasteiger partial charge is 0.390 e. The van der Waals surface area contributed by atoms with Crippen LogP contribution in [0.1, 0.15) is 0 Å². The number of H-pyrrole nitrogens is 1. The third-order valence-electron chi connectivity index (χ3n) is 1.38. The van der Waals surface area contributed by atoms with Crippen molar-refractivity contribution < 1.29 is 9.85 Å². The summed E-state index contributed by atoms with van der Waals surface area (Å²) >= 11 is 0.